The van der Waals surface area contributed by atoms with E-state index in [9.17, 15) is 5.11 Å². The predicted molar refractivity (Wildman–Crippen MR) is 80.4 cm³/mol. The maximum atomic E-state index is 9.40. The third kappa shape index (κ3) is 3.93. The fourth-order valence-electron chi connectivity index (χ4n) is 4.10. The van der Waals surface area contributed by atoms with Crippen LogP contribution in [0.1, 0.15) is 65.2 Å². The van der Waals surface area contributed by atoms with Crippen molar-refractivity contribution in [3.8, 4) is 0 Å². The van der Waals surface area contributed by atoms with Crippen LogP contribution in [-0.2, 0) is 0 Å². The van der Waals surface area contributed by atoms with Gasteiger partial charge in [0, 0.05) is 30.8 Å². The molecular formula is C16H32N2O. The van der Waals surface area contributed by atoms with Gasteiger partial charge in [0.05, 0.1) is 0 Å². The summed E-state index contributed by atoms with van der Waals surface area (Å²) in [4.78, 5) is 2.77. The van der Waals surface area contributed by atoms with Crippen molar-refractivity contribution in [2.24, 2.45) is 0 Å². The van der Waals surface area contributed by atoms with Gasteiger partial charge in [-0.3, -0.25) is 4.90 Å². The van der Waals surface area contributed by atoms with Crippen molar-refractivity contribution >= 4 is 0 Å². The minimum absolute atomic E-state index is 0.262. The average molecular weight is 268 g/mol. The molecule has 0 spiro atoms. The highest BCUT2D eigenvalue weighted by Gasteiger charge is 2.38. The van der Waals surface area contributed by atoms with E-state index in [1.807, 2.05) is 0 Å². The molecule has 0 aromatic rings. The van der Waals surface area contributed by atoms with Gasteiger partial charge in [0.2, 0.25) is 0 Å². The smallest absolute Gasteiger partial charge is 0.0446 e. The van der Waals surface area contributed by atoms with Crippen molar-refractivity contribution in [3.05, 3.63) is 0 Å². The Labute approximate surface area is 118 Å². The summed E-state index contributed by atoms with van der Waals surface area (Å²) >= 11 is 0. The van der Waals surface area contributed by atoms with Crippen LogP contribution in [0.5, 0.6) is 0 Å². The second kappa shape index (κ2) is 7.05. The molecule has 1 aliphatic heterocycles. The van der Waals surface area contributed by atoms with E-state index in [1.165, 1.54) is 44.9 Å². The second-order valence-electron chi connectivity index (χ2n) is 6.99. The zero-order valence-electron chi connectivity index (χ0n) is 12.8. The second-order valence-corrected chi connectivity index (χ2v) is 6.99. The topological polar surface area (TPSA) is 35.5 Å². The number of rotatable bonds is 3. The molecule has 0 aromatic heterocycles. The molecular weight excluding hydrogens is 236 g/mol. The molecule has 1 unspecified atom stereocenters. The number of hydrogen-bond donors (Lipinski definition) is 2. The molecule has 2 N–H and O–H groups in total. The van der Waals surface area contributed by atoms with Crippen molar-refractivity contribution in [1.82, 2.24) is 10.2 Å². The average Bonchev–Trinajstić information content (AvgIpc) is 2.69. The Morgan fingerprint density at radius 2 is 1.84 bits per heavy atom. The first-order valence-corrected chi connectivity index (χ1v) is 8.25. The zero-order chi connectivity index (χ0) is 13.7. The van der Waals surface area contributed by atoms with Gasteiger partial charge in [0.25, 0.3) is 0 Å². The third-order valence-corrected chi connectivity index (χ3v) is 5.07. The van der Waals surface area contributed by atoms with Gasteiger partial charge in [-0.2, -0.15) is 0 Å². The molecule has 1 atom stereocenters. The molecule has 0 bridgehead atoms. The molecule has 2 rings (SSSR count). The van der Waals surface area contributed by atoms with Gasteiger partial charge >= 0.3 is 0 Å². The summed E-state index contributed by atoms with van der Waals surface area (Å²) in [5, 5.41) is 13.0. The van der Waals surface area contributed by atoms with Gasteiger partial charge in [-0.1, -0.05) is 25.7 Å². The number of hydrogen-bond acceptors (Lipinski definition) is 3. The highest BCUT2D eigenvalue weighted by molar-refractivity contribution is 4.95. The molecule has 19 heavy (non-hydrogen) atoms. The van der Waals surface area contributed by atoms with E-state index in [2.05, 4.69) is 24.1 Å². The highest BCUT2D eigenvalue weighted by Crippen LogP contribution is 2.33. The Balaban J connectivity index is 2.15. The van der Waals surface area contributed by atoms with E-state index < -0.39 is 0 Å². The van der Waals surface area contributed by atoms with Gasteiger partial charge in [0.1, 0.15) is 0 Å². The number of nitrogens with one attached hydrogen (secondary N) is 1. The Morgan fingerprint density at radius 1 is 1.16 bits per heavy atom. The predicted octanol–water partition coefficient (Wildman–Crippen LogP) is 2.53. The molecule has 1 heterocycles. The molecule has 0 radical (unpaired) electrons. The van der Waals surface area contributed by atoms with Gasteiger partial charge < -0.3 is 10.4 Å². The zero-order valence-corrected chi connectivity index (χ0v) is 12.8. The maximum Gasteiger partial charge on any atom is 0.0446 e. The van der Waals surface area contributed by atoms with Crippen LogP contribution in [-0.4, -0.2) is 47.3 Å². The molecule has 0 amide bonds. The molecule has 0 aromatic carbocycles. The quantitative estimate of drug-likeness (QED) is 0.772. The summed E-state index contributed by atoms with van der Waals surface area (Å²) in [5.74, 6) is 0. The first-order valence-electron chi connectivity index (χ1n) is 8.25. The fourth-order valence-corrected chi connectivity index (χ4v) is 4.10. The van der Waals surface area contributed by atoms with Gasteiger partial charge in [-0.25, -0.2) is 0 Å². The summed E-state index contributed by atoms with van der Waals surface area (Å²) in [7, 11) is 0. The number of aliphatic hydroxyl groups excluding tert-OH is 1. The minimum Gasteiger partial charge on any atom is -0.396 e. The summed E-state index contributed by atoms with van der Waals surface area (Å²) in [5.41, 5.74) is 0.262. The monoisotopic (exact) mass is 268 g/mol. The van der Waals surface area contributed by atoms with Gasteiger partial charge in [-0.15, -0.1) is 0 Å². The van der Waals surface area contributed by atoms with E-state index in [4.69, 9.17) is 0 Å². The molecule has 112 valence electrons. The van der Waals surface area contributed by atoms with E-state index in [1.54, 1.807) is 0 Å². The summed E-state index contributed by atoms with van der Waals surface area (Å²) in [6, 6.07) is 1.24. The van der Waals surface area contributed by atoms with Crippen LogP contribution in [0.4, 0.5) is 0 Å². The maximum absolute atomic E-state index is 9.40. The van der Waals surface area contributed by atoms with Crippen molar-refractivity contribution in [1.29, 1.82) is 0 Å². The standard InChI is InChI=1S/C16H32N2O/c1-16(2)10-11-17-13-15(9-12-19)18(16)14-7-5-3-4-6-8-14/h14-15,17,19H,3-13H2,1-2H3. The molecule has 2 fully saturated rings. The highest BCUT2D eigenvalue weighted by atomic mass is 16.3. The van der Waals surface area contributed by atoms with Crippen molar-refractivity contribution in [3.63, 3.8) is 0 Å². The molecule has 1 saturated carbocycles. The van der Waals surface area contributed by atoms with Crippen molar-refractivity contribution in [2.75, 3.05) is 19.7 Å². The van der Waals surface area contributed by atoms with Crippen LogP contribution in [0, 0.1) is 0 Å². The molecule has 1 aliphatic carbocycles. The van der Waals surface area contributed by atoms with Crippen LogP contribution in [0.3, 0.4) is 0 Å². The Hall–Kier alpha value is -0.120. The van der Waals surface area contributed by atoms with Crippen molar-refractivity contribution < 1.29 is 5.11 Å². The third-order valence-electron chi connectivity index (χ3n) is 5.07. The Bertz CT molecular complexity index is 259. The number of nitrogens with zero attached hydrogens (tertiary/aromatic N) is 1. The summed E-state index contributed by atoms with van der Waals surface area (Å²) in [6.07, 6.45) is 10.4. The largest absolute Gasteiger partial charge is 0.396 e. The molecule has 1 saturated heterocycles. The molecule has 3 heteroatoms. The lowest BCUT2D eigenvalue weighted by Crippen LogP contribution is -2.55. The normalized spacial score (nSPS) is 30.8. The number of aliphatic hydroxyl groups is 1. The Morgan fingerprint density at radius 3 is 2.47 bits per heavy atom. The summed E-state index contributed by atoms with van der Waals surface area (Å²) < 4.78 is 0. The van der Waals surface area contributed by atoms with Crippen LogP contribution < -0.4 is 5.32 Å². The van der Waals surface area contributed by atoms with Crippen LogP contribution in [0.2, 0.25) is 0 Å². The Kier molecular flexibility index (Phi) is 5.67. The lowest BCUT2D eigenvalue weighted by atomic mass is 9.91. The first kappa shape index (κ1) is 15.3. The van der Waals surface area contributed by atoms with Gasteiger partial charge in [-0.05, 0) is 46.1 Å². The SMILES string of the molecule is CC1(C)CCNCC(CCO)N1C1CCCCCC1. The van der Waals surface area contributed by atoms with Crippen LogP contribution in [0.15, 0.2) is 0 Å². The molecule has 3 nitrogen and oxygen atoms in total. The first-order chi connectivity index (χ1) is 9.15. The fraction of sp³-hybridized carbons (Fsp3) is 1.00. The minimum atomic E-state index is 0.262. The van der Waals surface area contributed by atoms with Crippen LogP contribution >= 0.6 is 0 Å². The van der Waals surface area contributed by atoms with Gasteiger partial charge in [0.15, 0.2) is 0 Å². The lowest BCUT2D eigenvalue weighted by molar-refractivity contribution is 0.0139. The van der Waals surface area contributed by atoms with Crippen molar-refractivity contribution in [2.45, 2.75) is 82.8 Å². The van der Waals surface area contributed by atoms with E-state index in [0.717, 1.165) is 25.6 Å². The summed E-state index contributed by atoms with van der Waals surface area (Å²) in [6.45, 7) is 7.26. The van der Waals surface area contributed by atoms with E-state index in [0.29, 0.717) is 12.6 Å². The van der Waals surface area contributed by atoms with E-state index in [-0.39, 0.29) is 5.54 Å². The van der Waals surface area contributed by atoms with E-state index >= 15 is 0 Å². The molecule has 2 aliphatic rings. The van der Waals surface area contributed by atoms with Crippen LogP contribution in [0.25, 0.3) is 0 Å². The lowest BCUT2D eigenvalue weighted by Gasteiger charge is -2.47.